The van der Waals surface area contributed by atoms with Crippen LogP contribution in [0, 0.1) is 0 Å². The lowest BCUT2D eigenvalue weighted by Gasteiger charge is -2.35. The van der Waals surface area contributed by atoms with Crippen molar-refractivity contribution in [2.24, 2.45) is 0 Å². The second-order valence-corrected chi connectivity index (χ2v) is 8.24. The summed E-state index contributed by atoms with van der Waals surface area (Å²) in [6.45, 7) is 6.62. The zero-order valence-corrected chi connectivity index (χ0v) is 19.5. The SMILES string of the molecule is COC[C@@H](C)Nc1nc(N2CCOC[C@@H]2C)c2ccc(-c3ccc(OC)c(CO)c3)nc2n1. The maximum atomic E-state index is 9.71. The molecular weight excluding hydrogens is 422 g/mol. The summed E-state index contributed by atoms with van der Waals surface area (Å²) in [5, 5.41) is 13.9. The molecule has 0 aliphatic carbocycles. The number of ether oxygens (including phenoxy) is 3. The fourth-order valence-electron chi connectivity index (χ4n) is 4.05. The van der Waals surface area contributed by atoms with Crippen LogP contribution in [0.1, 0.15) is 19.4 Å². The Bertz CT molecular complexity index is 1110. The lowest BCUT2D eigenvalue weighted by molar-refractivity contribution is 0.0987. The van der Waals surface area contributed by atoms with Gasteiger partial charge in [-0.25, -0.2) is 4.98 Å². The molecule has 0 saturated carbocycles. The highest BCUT2D eigenvalue weighted by Crippen LogP contribution is 2.31. The molecule has 0 bridgehead atoms. The lowest BCUT2D eigenvalue weighted by atomic mass is 10.1. The fourth-order valence-corrected chi connectivity index (χ4v) is 4.05. The number of hydrogen-bond acceptors (Lipinski definition) is 9. The Morgan fingerprint density at radius 1 is 1.21 bits per heavy atom. The molecule has 2 atom stereocenters. The Hall–Kier alpha value is -3.01. The predicted molar refractivity (Wildman–Crippen MR) is 128 cm³/mol. The molecule has 3 aromatic rings. The van der Waals surface area contributed by atoms with Crippen molar-refractivity contribution >= 4 is 22.8 Å². The van der Waals surface area contributed by atoms with Gasteiger partial charge in [0.15, 0.2) is 5.65 Å². The van der Waals surface area contributed by atoms with Gasteiger partial charge in [-0.2, -0.15) is 9.97 Å². The first-order valence-corrected chi connectivity index (χ1v) is 11.1. The number of anilines is 2. The molecule has 1 saturated heterocycles. The lowest BCUT2D eigenvalue weighted by Crippen LogP contribution is -2.44. The summed E-state index contributed by atoms with van der Waals surface area (Å²) in [6.07, 6.45) is 0. The first-order chi connectivity index (χ1) is 16.0. The topological polar surface area (TPSA) is 102 Å². The van der Waals surface area contributed by atoms with Crippen molar-refractivity contribution in [1.82, 2.24) is 15.0 Å². The van der Waals surface area contributed by atoms with Gasteiger partial charge in [-0.3, -0.25) is 0 Å². The quantitative estimate of drug-likeness (QED) is 0.533. The average Bonchev–Trinajstić information content (AvgIpc) is 2.83. The highest BCUT2D eigenvalue weighted by molar-refractivity contribution is 5.90. The first kappa shape index (κ1) is 23.2. The summed E-state index contributed by atoms with van der Waals surface area (Å²) in [5.41, 5.74) is 2.95. The second kappa shape index (κ2) is 10.3. The van der Waals surface area contributed by atoms with E-state index in [1.807, 2.05) is 37.3 Å². The highest BCUT2D eigenvalue weighted by atomic mass is 16.5. The number of aromatic nitrogens is 3. The Labute approximate surface area is 193 Å². The molecule has 3 heterocycles. The van der Waals surface area contributed by atoms with Crippen molar-refractivity contribution in [2.75, 3.05) is 50.8 Å². The normalized spacial score (nSPS) is 17.2. The molecule has 176 valence electrons. The van der Waals surface area contributed by atoms with Crippen LogP contribution in [0.25, 0.3) is 22.3 Å². The van der Waals surface area contributed by atoms with E-state index in [1.165, 1.54) is 0 Å². The van der Waals surface area contributed by atoms with Crippen molar-refractivity contribution in [2.45, 2.75) is 32.5 Å². The van der Waals surface area contributed by atoms with Crippen LogP contribution in [0.5, 0.6) is 5.75 Å². The Balaban J connectivity index is 1.80. The summed E-state index contributed by atoms with van der Waals surface area (Å²) >= 11 is 0. The number of benzene rings is 1. The number of fused-ring (bicyclic) bond motifs is 1. The van der Waals surface area contributed by atoms with E-state index in [2.05, 4.69) is 17.1 Å². The number of hydrogen-bond donors (Lipinski definition) is 2. The van der Waals surface area contributed by atoms with Crippen molar-refractivity contribution in [1.29, 1.82) is 0 Å². The molecule has 33 heavy (non-hydrogen) atoms. The van der Waals surface area contributed by atoms with E-state index in [9.17, 15) is 5.11 Å². The molecule has 1 aromatic carbocycles. The Morgan fingerprint density at radius 3 is 2.79 bits per heavy atom. The van der Waals surface area contributed by atoms with E-state index >= 15 is 0 Å². The van der Waals surface area contributed by atoms with Crippen LogP contribution in [0.3, 0.4) is 0 Å². The standard InChI is InChI=1S/C24H31N5O4/c1-15(13-31-3)25-24-27-22-19(23(28-24)29-9-10-33-14-16(29)2)6-7-20(26-22)17-5-8-21(32-4)18(11-17)12-30/h5-8,11,15-16,30H,9-10,12-14H2,1-4H3,(H,25,26,27,28)/t15-,16+/m1/s1. The number of morpholine rings is 1. The molecule has 4 rings (SSSR count). The van der Waals surface area contributed by atoms with Gasteiger partial charge < -0.3 is 29.5 Å². The van der Waals surface area contributed by atoms with Gasteiger partial charge in [-0.05, 0) is 44.2 Å². The zero-order chi connectivity index (χ0) is 23.4. The molecule has 2 aromatic heterocycles. The largest absolute Gasteiger partial charge is 0.496 e. The number of pyridine rings is 1. The highest BCUT2D eigenvalue weighted by Gasteiger charge is 2.24. The van der Waals surface area contributed by atoms with Gasteiger partial charge in [0.1, 0.15) is 11.6 Å². The Kier molecular flexibility index (Phi) is 7.22. The minimum atomic E-state index is -0.114. The van der Waals surface area contributed by atoms with Crippen LogP contribution >= 0.6 is 0 Å². The number of rotatable bonds is 8. The van der Waals surface area contributed by atoms with Crippen molar-refractivity contribution in [3.05, 3.63) is 35.9 Å². The molecule has 2 N–H and O–H groups in total. The molecule has 0 amide bonds. The number of aliphatic hydroxyl groups excluding tert-OH is 1. The van der Waals surface area contributed by atoms with Gasteiger partial charge in [0.2, 0.25) is 5.95 Å². The second-order valence-electron chi connectivity index (χ2n) is 8.24. The van der Waals surface area contributed by atoms with Crippen LogP contribution in [-0.4, -0.2) is 72.7 Å². The molecular formula is C24H31N5O4. The third kappa shape index (κ3) is 5.00. The van der Waals surface area contributed by atoms with Gasteiger partial charge in [0, 0.05) is 30.8 Å². The molecule has 9 nitrogen and oxygen atoms in total. The van der Waals surface area contributed by atoms with E-state index < -0.39 is 0 Å². The minimum absolute atomic E-state index is 0.0410. The van der Waals surface area contributed by atoms with E-state index in [0.717, 1.165) is 29.0 Å². The number of aliphatic hydroxyl groups is 1. The Morgan fingerprint density at radius 2 is 2.06 bits per heavy atom. The third-order valence-electron chi connectivity index (χ3n) is 5.72. The van der Waals surface area contributed by atoms with E-state index in [1.54, 1.807) is 14.2 Å². The number of nitrogens with one attached hydrogen (secondary N) is 1. The van der Waals surface area contributed by atoms with Crippen LogP contribution in [0.4, 0.5) is 11.8 Å². The van der Waals surface area contributed by atoms with Crippen molar-refractivity contribution < 1.29 is 19.3 Å². The average molecular weight is 454 g/mol. The molecule has 0 spiro atoms. The third-order valence-corrected chi connectivity index (χ3v) is 5.72. The zero-order valence-electron chi connectivity index (χ0n) is 19.5. The van der Waals surface area contributed by atoms with Gasteiger partial charge in [0.25, 0.3) is 0 Å². The van der Waals surface area contributed by atoms with E-state index in [0.29, 0.717) is 42.7 Å². The van der Waals surface area contributed by atoms with Crippen molar-refractivity contribution in [3.8, 4) is 17.0 Å². The molecule has 0 radical (unpaired) electrons. The summed E-state index contributed by atoms with van der Waals surface area (Å²) < 4.78 is 16.2. The van der Waals surface area contributed by atoms with Gasteiger partial charge in [-0.1, -0.05) is 0 Å². The summed E-state index contributed by atoms with van der Waals surface area (Å²) in [5.74, 6) is 2.00. The molecule has 1 aliphatic heterocycles. The van der Waals surface area contributed by atoms with Crippen LogP contribution in [-0.2, 0) is 16.1 Å². The van der Waals surface area contributed by atoms with Gasteiger partial charge in [-0.15, -0.1) is 0 Å². The van der Waals surface area contributed by atoms with Gasteiger partial charge >= 0.3 is 0 Å². The first-order valence-electron chi connectivity index (χ1n) is 11.1. The van der Waals surface area contributed by atoms with Crippen LogP contribution in [0.2, 0.25) is 0 Å². The summed E-state index contributed by atoms with van der Waals surface area (Å²) in [4.78, 5) is 16.7. The summed E-state index contributed by atoms with van der Waals surface area (Å²) in [6, 6.07) is 9.86. The molecule has 1 fully saturated rings. The van der Waals surface area contributed by atoms with E-state index in [4.69, 9.17) is 29.2 Å². The maximum Gasteiger partial charge on any atom is 0.227 e. The molecule has 0 unspecified atom stereocenters. The van der Waals surface area contributed by atoms with Gasteiger partial charge in [0.05, 0.1) is 50.7 Å². The van der Waals surface area contributed by atoms with Crippen LogP contribution in [0.15, 0.2) is 30.3 Å². The number of methoxy groups -OCH3 is 2. The number of nitrogens with zero attached hydrogens (tertiary/aromatic N) is 4. The van der Waals surface area contributed by atoms with E-state index in [-0.39, 0.29) is 18.7 Å². The van der Waals surface area contributed by atoms with Crippen LogP contribution < -0.4 is 15.0 Å². The maximum absolute atomic E-state index is 9.71. The summed E-state index contributed by atoms with van der Waals surface area (Å²) in [7, 11) is 3.26. The fraction of sp³-hybridized carbons (Fsp3) is 0.458. The molecule has 1 aliphatic rings. The monoisotopic (exact) mass is 453 g/mol. The minimum Gasteiger partial charge on any atom is -0.496 e. The smallest absolute Gasteiger partial charge is 0.227 e. The van der Waals surface area contributed by atoms with Crippen molar-refractivity contribution in [3.63, 3.8) is 0 Å². The predicted octanol–water partition coefficient (Wildman–Crippen LogP) is 2.86. The molecule has 9 heteroatoms.